The lowest BCUT2D eigenvalue weighted by atomic mass is 10.3. The van der Waals surface area contributed by atoms with Crippen LogP contribution < -0.4 is 4.74 Å². The number of methoxy groups -OCH3 is 1. The van der Waals surface area contributed by atoms with Crippen LogP contribution in [0.1, 0.15) is 0 Å². The molecule has 0 atom stereocenters. The molecule has 0 saturated carbocycles. The SMILES string of the molecule is COc1nc2cccc(S(=O)(=O)Cl)c2o1. The first-order valence-electron chi connectivity index (χ1n) is 3.90. The predicted octanol–water partition coefficient (Wildman–Crippen LogP) is 1.76. The molecule has 0 spiro atoms. The molecule has 0 N–H and O–H groups in total. The fourth-order valence-corrected chi connectivity index (χ4v) is 2.16. The molecular weight excluding hydrogens is 242 g/mol. The Balaban J connectivity index is 2.81. The first kappa shape index (κ1) is 10.3. The number of hydrogen-bond donors (Lipinski definition) is 0. The Morgan fingerprint density at radius 2 is 2.20 bits per heavy atom. The smallest absolute Gasteiger partial charge is 0.394 e. The van der Waals surface area contributed by atoms with Gasteiger partial charge in [-0.3, -0.25) is 0 Å². The van der Waals surface area contributed by atoms with Crippen molar-refractivity contribution in [2.24, 2.45) is 0 Å². The third-order valence-corrected chi connectivity index (χ3v) is 3.14. The van der Waals surface area contributed by atoms with E-state index in [1.54, 1.807) is 6.07 Å². The predicted molar refractivity (Wildman–Crippen MR) is 53.6 cm³/mol. The molecule has 0 aliphatic carbocycles. The van der Waals surface area contributed by atoms with Crippen molar-refractivity contribution in [3.63, 3.8) is 0 Å². The van der Waals surface area contributed by atoms with Crippen LogP contribution in [0.5, 0.6) is 6.08 Å². The molecule has 1 aromatic carbocycles. The van der Waals surface area contributed by atoms with E-state index in [2.05, 4.69) is 4.98 Å². The molecule has 15 heavy (non-hydrogen) atoms. The highest BCUT2D eigenvalue weighted by molar-refractivity contribution is 8.13. The van der Waals surface area contributed by atoms with Crippen molar-refractivity contribution >= 4 is 30.8 Å². The molecule has 2 aromatic rings. The molecule has 7 heteroatoms. The number of hydrogen-bond acceptors (Lipinski definition) is 5. The van der Waals surface area contributed by atoms with E-state index in [9.17, 15) is 8.42 Å². The van der Waals surface area contributed by atoms with Crippen LogP contribution >= 0.6 is 10.7 Å². The lowest BCUT2D eigenvalue weighted by Crippen LogP contribution is -1.90. The number of para-hydroxylation sites is 1. The van der Waals surface area contributed by atoms with E-state index >= 15 is 0 Å². The van der Waals surface area contributed by atoms with Crippen LogP contribution in [0, 0.1) is 0 Å². The number of rotatable bonds is 2. The van der Waals surface area contributed by atoms with Gasteiger partial charge in [0.05, 0.1) is 7.11 Å². The average Bonchev–Trinajstić information content (AvgIpc) is 2.57. The van der Waals surface area contributed by atoms with E-state index in [-0.39, 0.29) is 16.6 Å². The quantitative estimate of drug-likeness (QED) is 0.757. The number of oxazole rings is 1. The van der Waals surface area contributed by atoms with Gasteiger partial charge in [-0.15, -0.1) is 0 Å². The second kappa shape index (κ2) is 3.39. The number of benzene rings is 1. The van der Waals surface area contributed by atoms with Crippen LogP contribution in [0.4, 0.5) is 0 Å². The second-order valence-electron chi connectivity index (χ2n) is 2.73. The number of nitrogens with zero attached hydrogens (tertiary/aromatic N) is 1. The third kappa shape index (κ3) is 1.78. The minimum Gasteiger partial charge on any atom is -0.453 e. The molecular formula is C8H6ClNO4S. The van der Waals surface area contributed by atoms with Crippen LogP contribution in [-0.4, -0.2) is 20.5 Å². The van der Waals surface area contributed by atoms with Crippen molar-refractivity contribution in [3.8, 4) is 6.08 Å². The summed E-state index contributed by atoms with van der Waals surface area (Å²) < 4.78 is 32.2. The van der Waals surface area contributed by atoms with Gasteiger partial charge in [-0.1, -0.05) is 6.07 Å². The van der Waals surface area contributed by atoms with Crippen LogP contribution in [0.25, 0.3) is 11.1 Å². The van der Waals surface area contributed by atoms with E-state index in [0.29, 0.717) is 5.52 Å². The Bertz CT molecular complexity index is 604. The van der Waals surface area contributed by atoms with Crippen LogP contribution in [-0.2, 0) is 9.05 Å². The van der Waals surface area contributed by atoms with Crippen molar-refractivity contribution < 1.29 is 17.6 Å². The Labute approximate surface area is 90.0 Å². The summed E-state index contributed by atoms with van der Waals surface area (Å²) in [6, 6.07) is 4.47. The number of ether oxygens (including phenoxy) is 1. The monoisotopic (exact) mass is 247 g/mol. The third-order valence-electron chi connectivity index (χ3n) is 1.80. The molecule has 0 radical (unpaired) electrons. The Hall–Kier alpha value is -1.27. The lowest BCUT2D eigenvalue weighted by molar-refractivity contribution is 0.298. The first-order chi connectivity index (χ1) is 7.02. The standard InChI is InChI=1S/C8H6ClNO4S/c1-13-8-10-5-3-2-4-6(7(5)14-8)15(9,11)12/h2-4H,1H3. The number of aromatic nitrogens is 1. The van der Waals surface area contributed by atoms with Gasteiger partial charge in [0, 0.05) is 10.7 Å². The fraction of sp³-hybridized carbons (Fsp3) is 0.125. The van der Waals surface area contributed by atoms with Crippen molar-refractivity contribution in [1.29, 1.82) is 0 Å². The zero-order chi connectivity index (χ0) is 11.1. The van der Waals surface area contributed by atoms with Gasteiger partial charge < -0.3 is 9.15 Å². The van der Waals surface area contributed by atoms with E-state index < -0.39 is 9.05 Å². The van der Waals surface area contributed by atoms with E-state index in [1.807, 2.05) is 0 Å². The van der Waals surface area contributed by atoms with Crippen molar-refractivity contribution in [3.05, 3.63) is 18.2 Å². The highest BCUT2D eigenvalue weighted by atomic mass is 35.7. The summed E-state index contributed by atoms with van der Waals surface area (Å²) in [5, 5.41) is 0. The van der Waals surface area contributed by atoms with Crippen molar-refractivity contribution in [1.82, 2.24) is 4.98 Å². The molecule has 5 nitrogen and oxygen atoms in total. The maximum atomic E-state index is 11.2. The number of fused-ring (bicyclic) bond motifs is 1. The van der Waals surface area contributed by atoms with Crippen molar-refractivity contribution in [2.45, 2.75) is 4.90 Å². The second-order valence-corrected chi connectivity index (χ2v) is 5.26. The van der Waals surface area contributed by atoms with Gasteiger partial charge in [0.15, 0.2) is 5.58 Å². The number of halogens is 1. The van der Waals surface area contributed by atoms with Crippen LogP contribution in [0.15, 0.2) is 27.5 Å². The largest absolute Gasteiger partial charge is 0.453 e. The molecule has 0 aliphatic heterocycles. The zero-order valence-electron chi connectivity index (χ0n) is 7.60. The minimum absolute atomic E-state index is 0.00207. The molecule has 0 aliphatic rings. The van der Waals surface area contributed by atoms with E-state index in [1.165, 1.54) is 19.2 Å². The Morgan fingerprint density at radius 1 is 1.47 bits per heavy atom. The minimum atomic E-state index is -3.84. The molecule has 0 saturated heterocycles. The van der Waals surface area contributed by atoms with Gasteiger partial charge in [-0.05, 0) is 12.1 Å². The summed E-state index contributed by atoms with van der Waals surface area (Å²) in [6.07, 6.45) is -0.00207. The molecule has 0 fully saturated rings. The Kier molecular flexibility index (Phi) is 2.32. The topological polar surface area (TPSA) is 69.4 Å². The van der Waals surface area contributed by atoms with E-state index in [0.717, 1.165) is 0 Å². The van der Waals surface area contributed by atoms with Crippen LogP contribution in [0.2, 0.25) is 0 Å². The average molecular weight is 248 g/mol. The van der Waals surface area contributed by atoms with Crippen LogP contribution in [0.3, 0.4) is 0 Å². The summed E-state index contributed by atoms with van der Waals surface area (Å²) in [7, 11) is 2.77. The van der Waals surface area contributed by atoms with Gasteiger partial charge in [-0.25, -0.2) is 8.42 Å². The molecule has 0 bridgehead atoms. The summed E-state index contributed by atoms with van der Waals surface area (Å²) >= 11 is 0. The summed E-state index contributed by atoms with van der Waals surface area (Å²) in [4.78, 5) is 3.78. The van der Waals surface area contributed by atoms with Gasteiger partial charge in [0.2, 0.25) is 0 Å². The normalized spacial score (nSPS) is 11.9. The van der Waals surface area contributed by atoms with Crippen molar-refractivity contribution in [2.75, 3.05) is 7.11 Å². The summed E-state index contributed by atoms with van der Waals surface area (Å²) in [5.41, 5.74) is 0.484. The molecule has 80 valence electrons. The highest BCUT2D eigenvalue weighted by Gasteiger charge is 2.18. The molecule has 1 aromatic heterocycles. The van der Waals surface area contributed by atoms with Gasteiger partial charge in [-0.2, -0.15) is 4.98 Å². The fourth-order valence-electron chi connectivity index (χ4n) is 1.18. The maximum absolute atomic E-state index is 11.2. The summed E-state index contributed by atoms with van der Waals surface area (Å²) in [6.45, 7) is 0. The molecule has 2 rings (SSSR count). The van der Waals surface area contributed by atoms with Gasteiger partial charge in [0.25, 0.3) is 9.05 Å². The Morgan fingerprint density at radius 3 is 2.80 bits per heavy atom. The molecule has 0 unspecified atom stereocenters. The first-order valence-corrected chi connectivity index (χ1v) is 6.21. The summed E-state index contributed by atoms with van der Waals surface area (Å²) in [5.74, 6) is 0. The van der Waals surface area contributed by atoms with E-state index in [4.69, 9.17) is 19.8 Å². The lowest BCUT2D eigenvalue weighted by Gasteiger charge is -1.94. The maximum Gasteiger partial charge on any atom is 0.394 e. The highest BCUT2D eigenvalue weighted by Crippen LogP contribution is 2.28. The molecule has 0 amide bonds. The van der Waals surface area contributed by atoms with Gasteiger partial charge >= 0.3 is 6.08 Å². The zero-order valence-corrected chi connectivity index (χ0v) is 9.17. The molecule has 1 heterocycles. The van der Waals surface area contributed by atoms with Gasteiger partial charge in [0.1, 0.15) is 10.4 Å².